The minimum Gasteiger partial charge on any atom is -0.386 e. The molecule has 5 rings (SSSR count). The average molecular weight is 366 g/mol. The number of para-hydroxylation sites is 1. The highest BCUT2D eigenvalue weighted by atomic mass is 35.5. The summed E-state index contributed by atoms with van der Waals surface area (Å²) in [4.78, 5) is 14.0. The molecule has 2 atom stereocenters. The molecular formula is C19H12ClN3OS. The zero-order valence-corrected chi connectivity index (χ0v) is 14.5. The number of nitrogens with zero attached hydrogens (tertiary/aromatic N) is 3. The van der Waals surface area contributed by atoms with E-state index in [1.807, 2.05) is 54.6 Å². The van der Waals surface area contributed by atoms with Crippen LogP contribution in [0.15, 0.2) is 69.6 Å². The highest BCUT2D eigenvalue weighted by molar-refractivity contribution is 8.14. The molecule has 0 saturated heterocycles. The second-order valence-electron chi connectivity index (χ2n) is 5.98. The molecule has 1 N–H and O–H groups in total. The summed E-state index contributed by atoms with van der Waals surface area (Å²) >= 11 is 7.43. The van der Waals surface area contributed by atoms with Crippen LogP contribution in [0, 0.1) is 0 Å². The molecule has 122 valence electrons. The van der Waals surface area contributed by atoms with Gasteiger partial charge in [0.05, 0.1) is 5.52 Å². The maximum Gasteiger partial charge on any atom is 0.156 e. The number of aliphatic hydroxyl groups excluding tert-OH is 1. The van der Waals surface area contributed by atoms with Crippen LogP contribution in [-0.2, 0) is 0 Å². The lowest BCUT2D eigenvalue weighted by atomic mass is 10.0. The number of hydrogen-bond donors (Lipinski definition) is 1. The monoisotopic (exact) mass is 365 g/mol. The van der Waals surface area contributed by atoms with Crippen molar-refractivity contribution in [3.63, 3.8) is 0 Å². The summed E-state index contributed by atoms with van der Waals surface area (Å²) in [6.45, 7) is 0. The summed E-state index contributed by atoms with van der Waals surface area (Å²) in [5.41, 5.74) is 2.62. The molecule has 25 heavy (non-hydrogen) atoms. The Labute approximate surface area is 153 Å². The summed E-state index contributed by atoms with van der Waals surface area (Å²) < 4.78 is 0. The van der Waals surface area contributed by atoms with Gasteiger partial charge in [0.1, 0.15) is 22.2 Å². The quantitative estimate of drug-likeness (QED) is 0.701. The Hall–Kier alpha value is -2.21. The molecule has 2 aromatic carbocycles. The molecule has 3 heterocycles. The first kappa shape index (κ1) is 15.1. The number of aliphatic imine (C=N–C) groups is 2. The van der Waals surface area contributed by atoms with Crippen molar-refractivity contribution in [2.24, 2.45) is 9.98 Å². The SMILES string of the molecule is O[C@@H]1c2cc3ccccc3nc2SC2=NC(c3ccc(Cl)cc3)=N[C@H]21. The van der Waals surface area contributed by atoms with Crippen LogP contribution in [0.1, 0.15) is 17.2 Å². The van der Waals surface area contributed by atoms with E-state index in [1.54, 1.807) is 0 Å². The molecule has 2 aliphatic rings. The topological polar surface area (TPSA) is 57.8 Å². The molecular weight excluding hydrogens is 354 g/mol. The lowest BCUT2D eigenvalue weighted by Gasteiger charge is -2.25. The predicted molar refractivity (Wildman–Crippen MR) is 102 cm³/mol. The fourth-order valence-corrected chi connectivity index (χ4v) is 4.29. The summed E-state index contributed by atoms with van der Waals surface area (Å²) in [5, 5.41) is 14.1. The van der Waals surface area contributed by atoms with E-state index in [2.05, 4.69) is 15.0 Å². The van der Waals surface area contributed by atoms with E-state index in [0.29, 0.717) is 10.9 Å². The molecule has 0 spiro atoms. The van der Waals surface area contributed by atoms with Crippen molar-refractivity contribution in [3.8, 4) is 0 Å². The van der Waals surface area contributed by atoms with Crippen LogP contribution >= 0.6 is 23.4 Å². The Kier molecular flexibility index (Phi) is 3.41. The van der Waals surface area contributed by atoms with Gasteiger partial charge in [-0.25, -0.2) is 9.98 Å². The molecule has 6 heteroatoms. The van der Waals surface area contributed by atoms with Crippen molar-refractivity contribution in [3.05, 3.63) is 70.7 Å². The van der Waals surface area contributed by atoms with Crippen LogP contribution in [0.25, 0.3) is 10.9 Å². The number of rotatable bonds is 1. The minimum atomic E-state index is -0.739. The van der Waals surface area contributed by atoms with Crippen LogP contribution in [0.3, 0.4) is 0 Å². The number of aliphatic hydroxyl groups is 1. The number of fused-ring (bicyclic) bond motifs is 3. The number of aromatic nitrogens is 1. The van der Waals surface area contributed by atoms with Gasteiger partial charge >= 0.3 is 0 Å². The van der Waals surface area contributed by atoms with Crippen molar-refractivity contribution in [1.82, 2.24) is 4.98 Å². The van der Waals surface area contributed by atoms with E-state index in [-0.39, 0.29) is 6.04 Å². The second-order valence-corrected chi connectivity index (χ2v) is 7.42. The lowest BCUT2D eigenvalue weighted by molar-refractivity contribution is 0.167. The van der Waals surface area contributed by atoms with Gasteiger partial charge in [0.2, 0.25) is 0 Å². The maximum atomic E-state index is 10.8. The third kappa shape index (κ3) is 2.47. The standard InChI is InChI=1S/C19H12ClN3OS/c20-12-7-5-10(6-8-12)17-22-15-16(24)13-9-11-3-1-2-4-14(11)21-18(13)25-19(15)23-17/h1-9,15-16,24H/t15-,16+/m0/s1. The van der Waals surface area contributed by atoms with Gasteiger partial charge in [0.25, 0.3) is 0 Å². The zero-order valence-electron chi connectivity index (χ0n) is 12.9. The fourth-order valence-electron chi connectivity index (χ4n) is 3.09. The Morgan fingerprint density at radius 3 is 2.68 bits per heavy atom. The van der Waals surface area contributed by atoms with Crippen LogP contribution in [0.5, 0.6) is 0 Å². The zero-order chi connectivity index (χ0) is 17.0. The largest absolute Gasteiger partial charge is 0.386 e. The van der Waals surface area contributed by atoms with Crippen molar-refractivity contribution in [1.29, 1.82) is 0 Å². The molecule has 2 aliphatic heterocycles. The third-order valence-electron chi connectivity index (χ3n) is 4.37. The second kappa shape index (κ2) is 5.66. The van der Waals surface area contributed by atoms with Crippen molar-refractivity contribution in [2.45, 2.75) is 17.2 Å². The lowest BCUT2D eigenvalue weighted by Crippen LogP contribution is -2.27. The first-order valence-corrected chi connectivity index (χ1v) is 9.06. The normalized spacial score (nSPS) is 21.5. The third-order valence-corrected chi connectivity index (χ3v) is 5.68. The van der Waals surface area contributed by atoms with E-state index >= 15 is 0 Å². The molecule has 0 saturated carbocycles. The molecule has 3 aromatic rings. The predicted octanol–water partition coefficient (Wildman–Crippen LogP) is 4.25. The van der Waals surface area contributed by atoms with E-state index in [4.69, 9.17) is 11.6 Å². The van der Waals surface area contributed by atoms with E-state index < -0.39 is 6.10 Å². The number of thioether (sulfide) groups is 1. The van der Waals surface area contributed by atoms with Gasteiger partial charge in [-0.2, -0.15) is 0 Å². The van der Waals surface area contributed by atoms with Crippen molar-refractivity contribution < 1.29 is 5.11 Å². The Morgan fingerprint density at radius 2 is 1.84 bits per heavy atom. The fraction of sp³-hybridized carbons (Fsp3) is 0.105. The molecule has 0 bridgehead atoms. The van der Waals surface area contributed by atoms with Gasteiger partial charge in [-0.05, 0) is 36.4 Å². The Morgan fingerprint density at radius 1 is 1.04 bits per heavy atom. The Balaban J connectivity index is 1.58. The molecule has 1 aromatic heterocycles. The summed E-state index contributed by atoms with van der Waals surface area (Å²) in [7, 11) is 0. The van der Waals surface area contributed by atoms with Crippen LogP contribution in [0.4, 0.5) is 0 Å². The molecule has 0 radical (unpaired) electrons. The van der Waals surface area contributed by atoms with Crippen LogP contribution in [0.2, 0.25) is 5.02 Å². The maximum absolute atomic E-state index is 10.8. The summed E-state index contributed by atoms with van der Waals surface area (Å²) in [5.74, 6) is 0.626. The van der Waals surface area contributed by atoms with E-state index in [9.17, 15) is 5.11 Å². The van der Waals surface area contributed by atoms with Gasteiger partial charge in [0, 0.05) is 21.5 Å². The molecule has 0 fully saturated rings. The first-order chi connectivity index (χ1) is 12.2. The summed E-state index contributed by atoms with van der Waals surface area (Å²) in [6.07, 6.45) is -0.739. The van der Waals surface area contributed by atoms with Gasteiger partial charge in [0.15, 0.2) is 5.84 Å². The van der Waals surface area contributed by atoms with Crippen LogP contribution < -0.4 is 0 Å². The highest BCUT2D eigenvalue weighted by Crippen LogP contribution is 2.42. The molecule has 4 nitrogen and oxygen atoms in total. The molecule has 0 aliphatic carbocycles. The van der Waals surface area contributed by atoms with Crippen molar-refractivity contribution in [2.75, 3.05) is 0 Å². The van der Waals surface area contributed by atoms with Gasteiger partial charge in [-0.3, -0.25) is 4.99 Å². The average Bonchev–Trinajstić information content (AvgIpc) is 3.05. The summed E-state index contributed by atoms with van der Waals surface area (Å²) in [6, 6.07) is 16.9. The Bertz CT molecular complexity index is 1060. The van der Waals surface area contributed by atoms with E-state index in [1.165, 1.54) is 11.8 Å². The number of hydrogen-bond acceptors (Lipinski definition) is 5. The molecule has 0 amide bonds. The smallest absolute Gasteiger partial charge is 0.156 e. The molecule has 0 unspecified atom stereocenters. The number of halogens is 1. The van der Waals surface area contributed by atoms with Crippen molar-refractivity contribution >= 4 is 45.1 Å². The van der Waals surface area contributed by atoms with Gasteiger partial charge in [-0.15, -0.1) is 0 Å². The van der Waals surface area contributed by atoms with E-state index in [0.717, 1.165) is 32.1 Å². The number of amidine groups is 1. The highest BCUT2D eigenvalue weighted by Gasteiger charge is 2.38. The van der Waals surface area contributed by atoms with Gasteiger partial charge in [-0.1, -0.05) is 41.6 Å². The van der Waals surface area contributed by atoms with Crippen LogP contribution in [-0.4, -0.2) is 27.0 Å². The minimum absolute atomic E-state index is 0.369. The number of pyridine rings is 1. The number of benzene rings is 2. The first-order valence-electron chi connectivity index (χ1n) is 7.87. The van der Waals surface area contributed by atoms with Gasteiger partial charge < -0.3 is 5.11 Å².